The van der Waals surface area contributed by atoms with Gasteiger partial charge in [0.25, 0.3) is 5.91 Å². The van der Waals surface area contributed by atoms with Crippen LogP contribution >= 0.6 is 11.6 Å². The van der Waals surface area contributed by atoms with Gasteiger partial charge in [0.1, 0.15) is 11.3 Å². The van der Waals surface area contributed by atoms with E-state index in [1.54, 1.807) is 18.5 Å². The maximum atomic E-state index is 12.9. The molecule has 196 valence electrons. The van der Waals surface area contributed by atoms with E-state index >= 15 is 0 Å². The molecule has 1 spiro atoms. The summed E-state index contributed by atoms with van der Waals surface area (Å²) < 4.78 is 7.15. The van der Waals surface area contributed by atoms with Gasteiger partial charge in [-0.25, -0.2) is 9.97 Å². The van der Waals surface area contributed by atoms with Gasteiger partial charge in [-0.15, -0.1) is 0 Å². The monoisotopic (exact) mass is 532 g/mol. The lowest BCUT2D eigenvalue weighted by Gasteiger charge is -2.55. The summed E-state index contributed by atoms with van der Waals surface area (Å²) >= 11 is 6.49. The highest BCUT2D eigenvalue weighted by molar-refractivity contribution is 6.31. The van der Waals surface area contributed by atoms with Gasteiger partial charge in [-0.1, -0.05) is 23.7 Å². The largest absolute Gasteiger partial charge is 0.380 e. The van der Waals surface area contributed by atoms with E-state index in [1.807, 2.05) is 49.0 Å². The second-order valence-corrected chi connectivity index (χ2v) is 10.6. The van der Waals surface area contributed by atoms with Gasteiger partial charge in [0.2, 0.25) is 5.65 Å². The van der Waals surface area contributed by atoms with Crippen molar-refractivity contribution in [1.29, 1.82) is 0 Å². The Bertz CT molecular complexity index is 1490. The molecule has 6 rings (SSSR count). The summed E-state index contributed by atoms with van der Waals surface area (Å²) in [6.45, 7) is 9.17. The number of rotatable bonds is 8. The van der Waals surface area contributed by atoms with Gasteiger partial charge in [-0.3, -0.25) is 19.4 Å². The first kappa shape index (κ1) is 24.7. The molecule has 11 heteroatoms. The molecule has 1 atom stereocenters. The van der Waals surface area contributed by atoms with Gasteiger partial charge in [-0.05, 0) is 37.6 Å². The fraction of sp³-hybridized carbons (Fsp3) is 0.370. The van der Waals surface area contributed by atoms with E-state index in [9.17, 15) is 4.79 Å². The highest BCUT2D eigenvalue weighted by Gasteiger charge is 2.48. The second-order valence-electron chi connectivity index (χ2n) is 10.2. The number of nitrogens with one attached hydrogen (secondary N) is 2. The number of hydrogen-bond donors (Lipinski definition) is 2. The number of hydrogen-bond acceptors (Lipinski definition) is 8. The Morgan fingerprint density at radius 2 is 2.05 bits per heavy atom. The van der Waals surface area contributed by atoms with Crippen LogP contribution in [-0.4, -0.2) is 61.8 Å². The highest BCUT2D eigenvalue weighted by Crippen LogP contribution is 2.38. The number of benzene rings is 1. The molecule has 0 bridgehead atoms. The smallest absolute Gasteiger partial charge is 0.257 e. The minimum absolute atomic E-state index is 0.0746. The average molecular weight is 533 g/mol. The third-order valence-electron chi connectivity index (χ3n) is 7.10. The second kappa shape index (κ2) is 9.94. The van der Waals surface area contributed by atoms with Gasteiger partial charge in [0, 0.05) is 43.5 Å². The SMILES string of the molecule is CCn1cc2ncc(N[C@@H](C)c3cccc(NC(=O)c4cnc(CN5CC6(COC6)C5)c(Cl)c4)c3)nc2n1. The van der Waals surface area contributed by atoms with Crippen molar-refractivity contribution in [3.63, 3.8) is 0 Å². The zero-order valence-electron chi connectivity index (χ0n) is 21.3. The third-order valence-corrected chi connectivity index (χ3v) is 7.42. The molecular formula is C27H29ClN8O2. The maximum Gasteiger partial charge on any atom is 0.257 e. The molecule has 4 aromatic rings. The summed E-state index contributed by atoms with van der Waals surface area (Å²) in [6, 6.07) is 9.29. The number of fused-ring (bicyclic) bond motifs is 1. The van der Waals surface area contributed by atoms with Crippen molar-refractivity contribution in [1.82, 2.24) is 29.6 Å². The van der Waals surface area contributed by atoms with Crippen LogP contribution in [0.2, 0.25) is 5.02 Å². The first-order valence-corrected chi connectivity index (χ1v) is 13.1. The number of anilines is 2. The standard InChI is InChI=1S/C27H29ClN8O2/c1-3-36-12-23-25(34-36)33-24(10-30-23)31-17(2)18-5-4-6-20(7-18)32-26(37)19-8-21(28)22(29-9-19)11-35-13-27(14-35)15-38-16-27/h4-10,12,17H,3,11,13-16H2,1-2H3,(H,32,37)(H,31,33,34)/t17-/m0/s1. The Morgan fingerprint density at radius 3 is 2.79 bits per heavy atom. The number of carbonyl (C=O) groups is 1. The van der Waals surface area contributed by atoms with Crippen molar-refractivity contribution in [3.8, 4) is 0 Å². The van der Waals surface area contributed by atoms with Crippen LogP contribution in [0, 0.1) is 5.41 Å². The van der Waals surface area contributed by atoms with E-state index in [0.717, 1.165) is 49.6 Å². The fourth-order valence-electron chi connectivity index (χ4n) is 4.98. The van der Waals surface area contributed by atoms with Crippen LogP contribution in [0.15, 0.2) is 48.9 Å². The Balaban J connectivity index is 1.08. The zero-order chi connectivity index (χ0) is 26.3. The first-order valence-electron chi connectivity index (χ1n) is 12.7. The van der Waals surface area contributed by atoms with Gasteiger partial charge in [-0.2, -0.15) is 5.10 Å². The van der Waals surface area contributed by atoms with E-state index in [-0.39, 0.29) is 11.9 Å². The number of aryl methyl sites for hydroxylation is 1. The normalized spacial score (nSPS) is 17.1. The molecular weight excluding hydrogens is 504 g/mol. The predicted molar refractivity (Wildman–Crippen MR) is 145 cm³/mol. The number of aromatic nitrogens is 5. The molecule has 2 N–H and O–H groups in total. The lowest BCUT2D eigenvalue weighted by Crippen LogP contribution is -2.65. The van der Waals surface area contributed by atoms with Gasteiger partial charge in [0.15, 0.2) is 0 Å². The van der Waals surface area contributed by atoms with E-state index < -0.39 is 0 Å². The van der Waals surface area contributed by atoms with E-state index in [0.29, 0.717) is 39.7 Å². The number of amides is 1. The first-order chi connectivity index (χ1) is 18.4. The third kappa shape index (κ3) is 4.94. The Morgan fingerprint density at radius 1 is 1.21 bits per heavy atom. The molecule has 5 heterocycles. The summed E-state index contributed by atoms with van der Waals surface area (Å²) in [5.74, 6) is 0.372. The molecule has 2 aliphatic heterocycles. The molecule has 2 saturated heterocycles. The van der Waals surface area contributed by atoms with Crippen molar-refractivity contribution in [3.05, 3.63) is 70.8 Å². The highest BCUT2D eigenvalue weighted by atomic mass is 35.5. The minimum Gasteiger partial charge on any atom is -0.380 e. The summed E-state index contributed by atoms with van der Waals surface area (Å²) in [5.41, 5.74) is 4.56. The molecule has 3 aromatic heterocycles. The van der Waals surface area contributed by atoms with Gasteiger partial charge >= 0.3 is 0 Å². The number of carbonyl (C=O) groups excluding carboxylic acids is 1. The lowest BCUT2D eigenvalue weighted by atomic mass is 9.78. The van der Waals surface area contributed by atoms with Crippen LogP contribution in [0.3, 0.4) is 0 Å². The van der Waals surface area contributed by atoms with Gasteiger partial charge < -0.3 is 15.4 Å². The molecule has 1 aromatic carbocycles. The van der Waals surface area contributed by atoms with Crippen LogP contribution in [0.1, 0.15) is 41.5 Å². The van der Waals surface area contributed by atoms with Crippen LogP contribution in [0.4, 0.5) is 11.5 Å². The molecule has 2 fully saturated rings. The predicted octanol–water partition coefficient (Wildman–Crippen LogP) is 4.15. The van der Waals surface area contributed by atoms with Gasteiger partial charge in [0.05, 0.1) is 47.9 Å². The number of pyridine rings is 1. The molecule has 0 unspecified atom stereocenters. The lowest BCUT2D eigenvalue weighted by molar-refractivity contribution is -0.191. The van der Waals surface area contributed by atoms with Crippen LogP contribution < -0.4 is 10.6 Å². The Labute approximate surface area is 225 Å². The summed E-state index contributed by atoms with van der Waals surface area (Å²) in [4.78, 5) is 28.7. The number of ether oxygens (including phenoxy) is 1. The summed E-state index contributed by atoms with van der Waals surface area (Å²) in [5, 5.41) is 11.2. The maximum absolute atomic E-state index is 12.9. The van der Waals surface area contributed by atoms with E-state index in [1.165, 1.54) is 0 Å². The Kier molecular flexibility index (Phi) is 6.46. The molecule has 0 aliphatic carbocycles. The molecule has 0 saturated carbocycles. The van der Waals surface area contributed by atoms with Crippen molar-refractivity contribution in [2.24, 2.45) is 5.41 Å². The number of likely N-dealkylation sites (tertiary alicyclic amines) is 1. The van der Waals surface area contributed by atoms with Crippen molar-refractivity contribution >= 4 is 40.2 Å². The number of halogens is 1. The van der Waals surface area contributed by atoms with Crippen LogP contribution in [-0.2, 0) is 17.8 Å². The fourth-order valence-corrected chi connectivity index (χ4v) is 5.20. The molecule has 10 nitrogen and oxygen atoms in total. The van der Waals surface area contributed by atoms with Crippen molar-refractivity contribution in [2.75, 3.05) is 36.9 Å². The van der Waals surface area contributed by atoms with E-state index in [4.69, 9.17) is 16.3 Å². The molecule has 0 radical (unpaired) electrons. The van der Waals surface area contributed by atoms with Crippen LogP contribution in [0.25, 0.3) is 11.2 Å². The number of nitrogens with zero attached hydrogens (tertiary/aromatic N) is 6. The topological polar surface area (TPSA) is 110 Å². The minimum atomic E-state index is -0.263. The van der Waals surface area contributed by atoms with Crippen molar-refractivity contribution < 1.29 is 9.53 Å². The molecule has 2 aliphatic rings. The summed E-state index contributed by atoms with van der Waals surface area (Å²) in [7, 11) is 0. The van der Waals surface area contributed by atoms with E-state index in [2.05, 4.69) is 35.6 Å². The van der Waals surface area contributed by atoms with Crippen molar-refractivity contribution in [2.45, 2.75) is 33.0 Å². The molecule has 1 amide bonds. The summed E-state index contributed by atoms with van der Waals surface area (Å²) in [6.07, 6.45) is 5.17. The Hall–Kier alpha value is -3.60. The van der Waals surface area contributed by atoms with Crippen LogP contribution in [0.5, 0.6) is 0 Å². The zero-order valence-corrected chi connectivity index (χ0v) is 22.1. The average Bonchev–Trinajstić information content (AvgIpc) is 3.28. The quantitative estimate of drug-likeness (QED) is 0.348. The molecule has 38 heavy (non-hydrogen) atoms.